The van der Waals surface area contributed by atoms with Gasteiger partial charge >= 0.3 is 6.18 Å². The number of rotatable bonds is 1. The molecule has 1 aromatic heterocycles. The Kier molecular flexibility index (Phi) is 3.55. The third-order valence-electron chi connectivity index (χ3n) is 1.46. The lowest BCUT2D eigenvalue weighted by Gasteiger charge is -2.10. The van der Waals surface area contributed by atoms with Crippen LogP contribution in [0.2, 0.25) is 5.15 Å². The molecule has 0 aliphatic rings. The first-order valence-corrected chi connectivity index (χ1v) is 4.62. The van der Waals surface area contributed by atoms with Crippen LogP contribution in [0.15, 0.2) is 10.5 Å². The van der Waals surface area contributed by atoms with Crippen LogP contribution in [0.25, 0.3) is 0 Å². The Morgan fingerprint density at radius 2 is 1.87 bits per heavy atom. The molecule has 0 aliphatic heterocycles. The summed E-state index contributed by atoms with van der Waals surface area (Å²) in [4.78, 5) is 2.88. The van der Waals surface area contributed by atoms with Crippen LogP contribution in [0.4, 0.5) is 22.0 Å². The van der Waals surface area contributed by atoms with Crippen molar-refractivity contribution < 1.29 is 22.0 Å². The smallest absolute Gasteiger partial charge is 0.230 e. The Balaban J connectivity index is 3.32. The maximum atomic E-state index is 12.2. The van der Waals surface area contributed by atoms with Gasteiger partial charge < -0.3 is 0 Å². The zero-order valence-corrected chi connectivity index (χ0v) is 9.09. The fourth-order valence-corrected chi connectivity index (χ4v) is 1.61. The number of pyridine rings is 1. The van der Waals surface area contributed by atoms with Crippen LogP contribution in [0.1, 0.15) is 17.7 Å². The fraction of sp³-hybridized carbons (Fsp3) is 0.286. The number of nitrogens with zero attached hydrogens (tertiary/aromatic N) is 1. The molecule has 0 atom stereocenters. The van der Waals surface area contributed by atoms with E-state index in [-0.39, 0.29) is 0 Å². The molecular formula is C7H2BrClF5N. The number of aromatic nitrogens is 1. The predicted octanol–water partition coefficient (Wildman–Crippen LogP) is 4.45. The lowest BCUT2D eigenvalue weighted by molar-refractivity contribution is -0.141. The zero-order chi connectivity index (χ0) is 11.8. The molecule has 84 valence electrons. The van der Waals surface area contributed by atoms with E-state index in [9.17, 15) is 22.0 Å². The summed E-state index contributed by atoms with van der Waals surface area (Å²) in [6.45, 7) is 0. The number of alkyl halides is 5. The zero-order valence-electron chi connectivity index (χ0n) is 6.75. The molecule has 0 unspecified atom stereocenters. The molecule has 8 heteroatoms. The van der Waals surface area contributed by atoms with Crippen molar-refractivity contribution in [2.45, 2.75) is 12.6 Å². The predicted molar refractivity (Wildman–Crippen MR) is 46.9 cm³/mol. The molecule has 0 spiro atoms. The summed E-state index contributed by atoms with van der Waals surface area (Å²) in [5.74, 6) is 0. The van der Waals surface area contributed by atoms with Gasteiger partial charge in [-0.05, 0) is 22.0 Å². The number of hydrogen-bond acceptors (Lipinski definition) is 1. The molecule has 0 saturated heterocycles. The molecule has 15 heavy (non-hydrogen) atoms. The summed E-state index contributed by atoms with van der Waals surface area (Å²) < 4.78 is 60.5. The fourth-order valence-electron chi connectivity index (χ4n) is 0.832. The van der Waals surface area contributed by atoms with Gasteiger partial charge in [0.2, 0.25) is 0 Å². The van der Waals surface area contributed by atoms with Gasteiger partial charge in [0.15, 0.2) is 5.69 Å². The first kappa shape index (κ1) is 12.6. The van der Waals surface area contributed by atoms with E-state index in [0.29, 0.717) is 6.07 Å². The van der Waals surface area contributed by atoms with Gasteiger partial charge in [-0.15, -0.1) is 0 Å². The molecule has 1 heterocycles. The lowest BCUT2D eigenvalue weighted by Crippen LogP contribution is -2.10. The Labute approximate surface area is 94.4 Å². The van der Waals surface area contributed by atoms with Gasteiger partial charge in [0.1, 0.15) is 5.15 Å². The first-order valence-electron chi connectivity index (χ1n) is 3.44. The largest absolute Gasteiger partial charge is 0.434 e. The van der Waals surface area contributed by atoms with Gasteiger partial charge in [-0.3, -0.25) is 0 Å². The molecule has 0 saturated carbocycles. The minimum atomic E-state index is -4.73. The van der Waals surface area contributed by atoms with Crippen LogP contribution in [0, 0.1) is 0 Å². The molecule has 0 radical (unpaired) electrons. The molecule has 1 aromatic rings. The summed E-state index contributed by atoms with van der Waals surface area (Å²) in [6.07, 6.45) is -7.70. The molecular weight excluding hydrogens is 308 g/mol. The quantitative estimate of drug-likeness (QED) is 0.551. The summed E-state index contributed by atoms with van der Waals surface area (Å²) in [7, 11) is 0. The Morgan fingerprint density at radius 3 is 2.27 bits per heavy atom. The van der Waals surface area contributed by atoms with Gasteiger partial charge in [-0.2, -0.15) is 13.2 Å². The molecule has 0 aromatic carbocycles. The molecule has 1 nitrogen and oxygen atoms in total. The van der Waals surface area contributed by atoms with Gasteiger partial charge in [0.05, 0.1) is 5.56 Å². The Morgan fingerprint density at radius 1 is 1.33 bits per heavy atom. The second-order valence-corrected chi connectivity index (χ2v) is 3.71. The van der Waals surface area contributed by atoms with Crippen molar-refractivity contribution in [2.24, 2.45) is 0 Å². The maximum absolute atomic E-state index is 12.2. The normalized spacial score (nSPS) is 12.3. The third kappa shape index (κ3) is 2.78. The second kappa shape index (κ2) is 4.21. The highest BCUT2D eigenvalue weighted by molar-refractivity contribution is 9.10. The molecule has 0 N–H and O–H groups in total. The number of hydrogen-bond donors (Lipinski definition) is 0. The van der Waals surface area contributed by atoms with Crippen molar-refractivity contribution in [3.8, 4) is 0 Å². The summed E-state index contributed by atoms with van der Waals surface area (Å²) in [5.41, 5.74) is -2.06. The van der Waals surface area contributed by atoms with Crippen LogP contribution in [-0.4, -0.2) is 4.98 Å². The van der Waals surface area contributed by atoms with Crippen LogP contribution < -0.4 is 0 Å². The van der Waals surface area contributed by atoms with Crippen LogP contribution >= 0.6 is 27.5 Å². The Hall–Kier alpha value is -0.430. The minimum absolute atomic E-state index is 0.560. The van der Waals surface area contributed by atoms with E-state index in [4.69, 9.17) is 11.6 Å². The van der Waals surface area contributed by atoms with Gasteiger partial charge in [0.25, 0.3) is 6.43 Å². The lowest BCUT2D eigenvalue weighted by atomic mass is 10.2. The van der Waals surface area contributed by atoms with E-state index >= 15 is 0 Å². The molecule has 0 bridgehead atoms. The topological polar surface area (TPSA) is 12.9 Å². The van der Waals surface area contributed by atoms with Crippen LogP contribution in [0.3, 0.4) is 0 Å². The molecule has 0 fully saturated rings. The van der Waals surface area contributed by atoms with E-state index in [2.05, 4.69) is 20.9 Å². The van der Waals surface area contributed by atoms with Crippen molar-refractivity contribution in [3.63, 3.8) is 0 Å². The highest BCUT2D eigenvalue weighted by Crippen LogP contribution is 2.37. The number of halogens is 7. The summed E-state index contributed by atoms with van der Waals surface area (Å²) in [6, 6.07) is 0.614. The van der Waals surface area contributed by atoms with E-state index in [1.807, 2.05) is 0 Å². The highest BCUT2D eigenvalue weighted by atomic mass is 79.9. The maximum Gasteiger partial charge on any atom is 0.434 e. The highest BCUT2D eigenvalue weighted by Gasteiger charge is 2.36. The van der Waals surface area contributed by atoms with E-state index < -0.39 is 33.5 Å². The molecule has 0 aliphatic carbocycles. The first-order chi connectivity index (χ1) is 6.73. The molecule has 0 amide bonds. The van der Waals surface area contributed by atoms with Crippen LogP contribution in [-0.2, 0) is 6.18 Å². The van der Waals surface area contributed by atoms with E-state index in [1.54, 1.807) is 0 Å². The molecule has 1 rings (SSSR count). The van der Waals surface area contributed by atoms with Crippen molar-refractivity contribution in [1.29, 1.82) is 0 Å². The average Bonchev–Trinajstić information content (AvgIpc) is 2.06. The standard InChI is InChI=1S/C7H2BrClF5N/c8-3-1-2(6(10)11)5(9)15-4(3)7(12,13)14/h1,6H. The van der Waals surface area contributed by atoms with Crippen molar-refractivity contribution >= 4 is 27.5 Å². The monoisotopic (exact) mass is 309 g/mol. The summed E-state index contributed by atoms with van der Waals surface area (Å²) >= 11 is 7.70. The van der Waals surface area contributed by atoms with Crippen molar-refractivity contribution in [3.05, 3.63) is 26.9 Å². The third-order valence-corrected chi connectivity index (χ3v) is 2.37. The van der Waals surface area contributed by atoms with Crippen molar-refractivity contribution in [1.82, 2.24) is 4.98 Å². The van der Waals surface area contributed by atoms with E-state index in [1.165, 1.54) is 0 Å². The SMILES string of the molecule is FC(F)c1cc(Br)c(C(F)(F)F)nc1Cl. The van der Waals surface area contributed by atoms with Gasteiger partial charge in [0, 0.05) is 4.47 Å². The van der Waals surface area contributed by atoms with Crippen LogP contribution in [0.5, 0.6) is 0 Å². The summed E-state index contributed by atoms with van der Waals surface area (Å²) in [5, 5.41) is -0.847. The van der Waals surface area contributed by atoms with Gasteiger partial charge in [-0.25, -0.2) is 13.8 Å². The Bertz CT molecular complexity index is 378. The van der Waals surface area contributed by atoms with Gasteiger partial charge in [-0.1, -0.05) is 11.6 Å². The average molecular weight is 310 g/mol. The minimum Gasteiger partial charge on any atom is -0.230 e. The second-order valence-electron chi connectivity index (χ2n) is 2.50. The van der Waals surface area contributed by atoms with Crippen molar-refractivity contribution in [2.75, 3.05) is 0 Å². The van der Waals surface area contributed by atoms with E-state index in [0.717, 1.165) is 0 Å².